The molecule has 4 aliphatic carbocycles. The first-order chi connectivity index (χ1) is 18.4. The van der Waals surface area contributed by atoms with Crippen LogP contribution in [0.2, 0.25) is 0 Å². The van der Waals surface area contributed by atoms with Crippen molar-refractivity contribution in [2.45, 2.75) is 110 Å². The van der Waals surface area contributed by atoms with Gasteiger partial charge in [-0.05, 0) is 33.1 Å². The zero-order valence-electron chi connectivity index (χ0n) is 24.7. The van der Waals surface area contributed by atoms with Crippen LogP contribution in [-0.4, -0.2) is 71.7 Å². The van der Waals surface area contributed by atoms with E-state index in [4.69, 9.17) is 23.7 Å². The molecule has 2 heterocycles. The second-order valence-corrected chi connectivity index (χ2v) is 14.2. The maximum absolute atomic E-state index is 14.3. The smallest absolute Gasteiger partial charge is 0.316 e. The van der Waals surface area contributed by atoms with Crippen LogP contribution in [0, 0.1) is 33.0 Å². The molecule has 11 atom stereocenters. The van der Waals surface area contributed by atoms with Crippen LogP contribution in [0.5, 0.6) is 0 Å². The molecule has 0 aromatic heterocycles. The summed E-state index contributed by atoms with van der Waals surface area (Å²) in [6, 6.07) is 0. The van der Waals surface area contributed by atoms with Crippen molar-refractivity contribution in [3.63, 3.8) is 0 Å². The van der Waals surface area contributed by atoms with Crippen LogP contribution >= 0.6 is 0 Å². The van der Waals surface area contributed by atoms with Crippen LogP contribution in [-0.2, 0) is 42.9 Å². The zero-order valence-corrected chi connectivity index (χ0v) is 24.7. The van der Waals surface area contributed by atoms with E-state index in [0.29, 0.717) is 18.4 Å². The van der Waals surface area contributed by atoms with Gasteiger partial charge in [0, 0.05) is 36.0 Å². The number of esters is 4. The maximum Gasteiger partial charge on any atom is 0.316 e. The molecule has 40 heavy (non-hydrogen) atoms. The molecule has 10 heteroatoms. The first-order valence-corrected chi connectivity index (χ1v) is 14.1. The summed E-state index contributed by atoms with van der Waals surface area (Å²) < 4.78 is 30.4. The number of hydrogen-bond acceptors (Lipinski definition) is 10. The van der Waals surface area contributed by atoms with Crippen molar-refractivity contribution in [2.24, 2.45) is 33.0 Å². The summed E-state index contributed by atoms with van der Waals surface area (Å²) in [5.41, 5.74) is -8.18. The monoisotopic (exact) mass is 560 g/mol. The van der Waals surface area contributed by atoms with Crippen LogP contribution in [0.15, 0.2) is 11.6 Å². The summed E-state index contributed by atoms with van der Waals surface area (Å²) in [5, 5.41) is 12.2. The molecule has 1 N–H and O–H groups in total. The molecule has 4 bridgehead atoms. The third kappa shape index (κ3) is 2.41. The Hall–Kier alpha value is -2.46. The maximum atomic E-state index is 14.3. The van der Waals surface area contributed by atoms with Gasteiger partial charge in [0.1, 0.15) is 46.4 Å². The minimum atomic E-state index is -1.79. The highest BCUT2D eigenvalue weighted by Crippen LogP contribution is 2.86. The van der Waals surface area contributed by atoms with Crippen LogP contribution < -0.4 is 0 Å². The van der Waals surface area contributed by atoms with Gasteiger partial charge in [-0.2, -0.15) is 0 Å². The SMILES string of the molecule is COC(=O)[C@@]12[C@@H]3O[C@@]4(C=C(C)[C@@]1(C)[C@@H](OC(C)=O)[C@@]3(C)O)[C@]2(C)C[C@H]1OC(=O)[C@]42CC[C@H](OC(C)=O)C(C)(C)[C@@H]12. The highest BCUT2D eigenvalue weighted by Gasteiger charge is 2.97. The number of ether oxygens (including phenoxy) is 5. The van der Waals surface area contributed by atoms with E-state index < -0.39 is 86.5 Å². The lowest BCUT2D eigenvalue weighted by Crippen LogP contribution is -2.75. The van der Waals surface area contributed by atoms with Crippen molar-refractivity contribution in [3.05, 3.63) is 11.6 Å². The van der Waals surface area contributed by atoms with E-state index in [-0.39, 0.29) is 12.4 Å². The second kappa shape index (κ2) is 7.48. The number of carbonyl (C=O) groups is 4. The highest BCUT2D eigenvalue weighted by atomic mass is 16.6. The van der Waals surface area contributed by atoms with Crippen molar-refractivity contribution in [1.82, 2.24) is 0 Å². The first-order valence-electron chi connectivity index (χ1n) is 14.1. The molecule has 2 aliphatic heterocycles. The van der Waals surface area contributed by atoms with Crippen molar-refractivity contribution in [2.75, 3.05) is 7.11 Å². The Balaban J connectivity index is 1.67. The summed E-state index contributed by atoms with van der Waals surface area (Å²) in [4.78, 5) is 53.0. The summed E-state index contributed by atoms with van der Waals surface area (Å²) in [6.45, 7) is 13.8. The van der Waals surface area contributed by atoms with Crippen LogP contribution in [0.4, 0.5) is 0 Å². The Bertz CT molecular complexity index is 1280. The van der Waals surface area contributed by atoms with E-state index in [2.05, 4.69) is 0 Å². The Kier molecular flexibility index (Phi) is 5.18. The zero-order chi connectivity index (χ0) is 29.6. The van der Waals surface area contributed by atoms with E-state index in [1.807, 2.05) is 40.7 Å². The predicted molar refractivity (Wildman–Crippen MR) is 137 cm³/mol. The minimum absolute atomic E-state index is 0.245. The average molecular weight is 561 g/mol. The minimum Gasteiger partial charge on any atom is -0.468 e. The topological polar surface area (TPSA) is 135 Å². The van der Waals surface area contributed by atoms with Gasteiger partial charge in [-0.25, -0.2) is 0 Å². The number of carbonyl (C=O) groups excluding carboxylic acids is 4. The number of rotatable bonds is 3. The molecule has 6 rings (SSSR count). The molecule has 0 unspecified atom stereocenters. The Morgan fingerprint density at radius 2 is 1.68 bits per heavy atom. The lowest BCUT2D eigenvalue weighted by Gasteiger charge is -2.67. The predicted octanol–water partition coefficient (Wildman–Crippen LogP) is 2.64. The van der Waals surface area contributed by atoms with Crippen molar-refractivity contribution in [3.8, 4) is 0 Å². The summed E-state index contributed by atoms with van der Waals surface area (Å²) in [7, 11) is 1.31. The largest absolute Gasteiger partial charge is 0.468 e. The third-order valence-corrected chi connectivity index (χ3v) is 12.4. The fraction of sp³-hybridized carbons (Fsp3) is 0.800. The number of methoxy groups -OCH3 is 1. The number of hydrogen-bond donors (Lipinski definition) is 1. The van der Waals surface area contributed by atoms with Gasteiger partial charge in [0.05, 0.1) is 7.11 Å². The Morgan fingerprint density at radius 1 is 1.05 bits per heavy atom. The molecule has 0 amide bonds. The standard InChI is InChI=1S/C30H40O10/c1-14-12-29-25(6,13-17-19-24(4,5)18(37-15(2)31)10-11-28(19,29)22(33)39-17)30(23(34)36-9)21(40-29)27(8,35)20(26(14,30)7)38-16(3)32/h12,17-21,35H,10-11,13H2,1-9H3/t17-,18+,19-,20-,21-,25+,26+,27-,28-,29+,30-/m1/s1. The molecule has 220 valence electrons. The molecule has 0 radical (unpaired) electrons. The quantitative estimate of drug-likeness (QED) is 0.312. The van der Waals surface area contributed by atoms with E-state index in [0.717, 1.165) is 0 Å². The molecule has 0 spiro atoms. The lowest BCUT2D eigenvalue weighted by molar-refractivity contribution is -0.258. The lowest BCUT2D eigenvalue weighted by atomic mass is 9.33. The average Bonchev–Trinajstić information content (AvgIpc) is 3.26. The Morgan fingerprint density at radius 3 is 2.25 bits per heavy atom. The third-order valence-electron chi connectivity index (χ3n) is 12.4. The highest BCUT2D eigenvalue weighted by molar-refractivity contribution is 5.89. The van der Waals surface area contributed by atoms with Crippen LogP contribution in [0.3, 0.4) is 0 Å². The summed E-state index contributed by atoms with van der Waals surface area (Å²) in [5.74, 6) is -2.35. The molecule has 6 aliphatic rings. The first kappa shape index (κ1) is 27.7. The van der Waals surface area contributed by atoms with Gasteiger partial charge < -0.3 is 28.8 Å². The fourth-order valence-corrected chi connectivity index (χ4v) is 11.2. The fourth-order valence-electron chi connectivity index (χ4n) is 11.2. The van der Waals surface area contributed by atoms with E-state index in [9.17, 15) is 24.3 Å². The van der Waals surface area contributed by atoms with Gasteiger partial charge in [-0.3, -0.25) is 19.2 Å². The second-order valence-electron chi connectivity index (χ2n) is 14.2. The number of aliphatic hydroxyl groups is 1. The van der Waals surface area contributed by atoms with Gasteiger partial charge in [0.15, 0.2) is 0 Å². The van der Waals surface area contributed by atoms with E-state index >= 15 is 0 Å². The van der Waals surface area contributed by atoms with Gasteiger partial charge in [0.25, 0.3) is 0 Å². The van der Waals surface area contributed by atoms with Crippen LogP contribution in [0.25, 0.3) is 0 Å². The van der Waals surface area contributed by atoms with E-state index in [1.54, 1.807) is 0 Å². The Labute approximate surface area is 234 Å². The van der Waals surface area contributed by atoms with Gasteiger partial charge in [-0.15, -0.1) is 0 Å². The molecule has 5 fully saturated rings. The molecular weight excluding hydrogens is 520 g/mol. The van der Waals surface area contributed by atoms with Crippen molar-refractivity contribution in [1.29, 1.82) is 0 Å². The van der Waals surface area contributed by atoms with Crippen LogP contribution in [0.1, 0.15) is 74.7 Å². The molecule has 0 aromatic rings. The molecule has 3 saturated carbocycles. The normalized spacial score (nSPS) is 52.6. The van der Waals surface area contributed by atoms with Gasteiger partial charge in [-0.1, -0.05) is 39.3 Å². The van der Waals surface area contributed by atoms with E-state index in [1.165, 1.54) is 27.9 Å². The van der Waals surface area contributed by atoms with Crippen molar-refractivity contribution < 1.29 is 48.0 Å². The van der Waals surface area contributed by atoms with Gasteiger partial charge >= 0.3 is 23.9 Å². The summed E-state index contributed by atoms with van der Waals surface area (Å²) >= 11 is 0. The molecule has 2 saturated heterocycles. The van der Waals surface area contributed by atoms with Gasteiger partial charge in [0.2, 0.25) is 0 Å². The molecule has 0 aromatic carbocycles. The van der Waals surface area contributed by atoms with Crippen molar-refractivity contribution >= 4 is 23.9 Å². The molecule has 10 nitrogen and oxygen atoms in total. The molecular formula is C30H40O10. The summed E-state index contributed by atoms with van der Waals surface area (Å²) in [6.07, 6.45) is -0.399.